The molecule has 2 aromatic rings. The zero-order valence-corrected chi connectivity index (χ0v) is 23.4. The molecule has 0 amide bonds. The monoisotopic (exact) mass is 542 g/mol. The van der Waals surface area contributed by atoms with Crippen LogP contribution in [0.3, 0.4) is 0 Å². The lowest BCUT2D eigenvalue weighted by Gasteiger charge is -2.36. The molecule has 10 nitrogen and oxygen atoms in total. The van der Waals surface area contributed by atoms with E-state index in [-0.39, 0.29) is 30.9 Å². The summed E-state index contributed by atoms with van der Waals surface area (Å²) in [6, 6.07) is 1.78. The Bertz CT molecular complexity index is 1260. The van der Waals surface area contributed by atoms with Crippen LogP contribution in [0.5, 0.6) is 5.75 Å². The number of fused-ring (bicyclic) bond motifs is 1. The number of rotatable bonds is 7. The number of hydrogen-bond acceptors (Lipinski definition) is 8. The molecule has 1 aromatic heterocycles. The first-order valence-electron chi connectivity index (χ1n) is 11.9. The fourth-order valence-electron chi connectivity index (χ4n) is 3.97. The molecular formula is C25H36FN2O8P. The number of aromatic amines is 1. The Balaban J connectivity index is 1.83. The maximum absolute atomic E-state index is 15.5. The molecular weight excluding hydrogens is 506 g/mol. The molecule has 3 N–H and O–H groups in total. The van der Waals surface area contributed by atoms with Crippen molar-refractivity contribution in [2.24, 2.45) is 0 Å². The van der Waals surface area contributed by atoms with Gasteiger partial charge in [-0.25, -0.2) is 13.7 Å². The summed E-state index contributed by atoms with van der Waals surface area (Å²) < 4.78 is 38.7. The molecule has 0 bridgehead atoms. The molecule has 2 unspecified atom stereocenters. The molecule has 0 aliphatic carbocycles. The van der Waals surface area contributed by atoms with Crippen molar-refractivity contribution < 1.29 is 32.9 Å². The van der Waals surface area contributed by atoms with E-state index >= 15 is 4.39 Å². The standard InChI is InChI=1S/C25H36FN2O8P/c1-14-12-28(22(30)27-21(14)29)10-9-18(33-8)25(31,32)36-37-34-13-15-19(26)16(23(2,3)4)11-17(20(15)35-37)24(5,6)7/h11-12,18,31-32H,9-10,13H2,1-8H3,(H,27,29,30). The number of ether oxygens (including phenoxy) is 1. The van der Waals surface area contributed by atoms with Crippen LogP contribution in [0.1, 0.15) is 70.2 Å². The smallest absolute Gasteiger partial charge is 0.402 e. The van der Waals surface area contributed by atoms with Crippen LogP contribution in [0.2, 0.25) is 0 Å². The van der Waals surface area contributed by atoms with Crippen LogP contribution in [0.4, 0.5) is 4.39 Å². The highest BCUT2D eigenvalue weighted by molar-refractivity contribution is 7.42. The SMILES string of the molecule is COC(CCn1cc(C)c(=O)[nH]c1=O)C(O)(O)OP1OCc2c(F)c(C(C)(C)C)cc(C(C)(C)C)c2O1. The maximum Gasteiger partial charge on any atom is 0.402 e. The fraction of sp³-hybridized carbons (Fsp3) is 0.600. The number of nitrogens with one attached hydrogen (secondary N) is 1. The number of H-pyrrole nitrogens is 1. The number of benzene rings is 1. The first-order chi connectivity index (χ1) is 17.0. The van der Waals surface area contributed by atoms with Gasteiger partial charge in [-0.2, -0.15) is 0 Å². The number of halogens is 1. The van der Waals surface area contributed by atoms with Crippen LogP contribution >= 0.6 is 8.60 Å². The number of methoxy groups -OCH3 is 1. The summed E-state index contributed by atoms with van der Waals surface area (Å²) in [6.07, 6.45) is -0.00999. The van der Waals surface area contributed by atoms with Crippen LogP contribution in [0.15, 0.2) is 21.9 Å². The van der Waals surface area contributed by atoms with E-state index in [1.54, 1.807) is 13.0 Å². The summed E-state index contributed by atoms with van der Waals surface area (Å²) in [5, 5.41) is 21.4. The molecule has 1 aromatic carbocycles. The largest absolute Gasteiger partial charge is 0.426 e. The van der Waals surface area contributed by atoms with Gasteiger partial charge in [-0.15, -0.1) is 0 Å². The molecule has 0 spiro atoms. The molecule has 3 rings (SSSR count). The zero-order valence-electron chi connectivity index (χ0n) is 22.5. The van der Waals surface area contributed by atoms with E-state index in [9.17, 15) is 19.8 Å². The van der Waals surface area contributed by atoms with Gasteiger partial charge in [-0.3, -0.25) is 14.3 Å². The van der Waals surface area contributed by atoms with Gasteiger partial charge >= 0.3 is 20.3 Å². The van der Waals surface area contributed by atoms with E-state index in [2.05, 4.69) is 4.98 Å². The fourth-order valence-corrected chi connectivity index (χ4v) is 5.04. The number of aryl methyl sites for hydroxylation is 2. The van der Waals surface area contributed by atoms with E-state index in [1.807, 2.05) is 41.5 Å². The Morgan fingerprint density at radius 1 is 1.16 bits per heavy atom. The highest BCUT2D eigenvalue weighted by atomic mass is 31.2. The van der Waals surface area contributed by atoms with Crippen LogP contribution in [0.25, 0.3) is 0 Å². The Morgan fingerprint density at radius 2 is 1.78 bits per heavy atom. The third-order valence-electron chi connectivity index (χ3n) is 6.14. The summed E-state index contributed by atoms with van der Waals surface area (Å²) in [4.78, 5) is 25.8. The summed E-state index contributed by atoms with van der Waals surface area (Å²) in [5.41, 5.74) is -0.165. The molecule has 12 heteroatoms. The van der Waals surface area contributed by atoms with Gasteiger partial charge in [0.2, 0.25) is 0 Å². The number of hydrogen-bond donors (Lipinski definition) is 3. The Kier molecular flexibility index (Phi) is 8.39. The van der Waals surface area contributed by atoms with Gasteiger partial charge in [0, 0.05) is 31.0 Å². The molecule has 1 aliphatic heterocycles. The Morgan fingerprint density at radius 3 is 2.35 bits per heavy atom. The molecule has 37 heavy (non-hydrogen) atoms. The average molecular weight is 543 g/mol. The summed E-state index contributed by atoms with van der Waals surface area (Å²) in [6.45, 7) is 13.0. The normalized spacial score (nSPS) is 17.3. The van der Waals surface area contributed by atoms with Crippen molar-refractivity contribution in [2.45, 2.75) is 90.9 Å². The third kappa shape index (κ3) is 6.47. The molecule has 1 aliphatic rings. The van der Waals surface area contributed by atoms with E-state index in [4.69, 9.17) is 18.3 Å². The predicted octanol–water partition coefficient (Wildman–Crippen LogP) is 3.48. The van der Waals surface area contributed by atoms with Gasteiger partial charge in [0.05, 0.1) is 12.2 Å². The lowest BCUT2D eigenvalue weighted by atomic mass is 9.78. The zero-order chi connectivity index (χ0) is 27.9. The minimum absolute atomic E-state index is 0.00136. The van der Waals surface area contributed by atoms with Crippen LogP contribution in [-0.4, -0.2) is 39.0 Å². The third-order valence-corrected chi connectivity index (χ3v) is 7.23. The number of aliphatic hydroxyl groups is 2. The van der Waals surface area contributed by atoms with Crippen LogP contribution in [-0.2, 0) is 37.8 Å². The number of aromatic nitrogens is 2. The molecule has 0 radical (unpaired) electrons. The van der Waals surface area contributed by atoms with Crippen molar-refractivity contribution in [2.75, 3.05) is 7.11 Å². The van der Waals surface area contributed by atoms with E-state index in [0.717, 1.165) is 5.56 Å². The lowest BCUT2D eigenvalue weighted by Crippen LogP contribution is -2.46. The molecule has 2 atom stereocenters. The van der Waals surface area contributed by atoms with E-state index < -0.39 is 48.6 Å². The van der Waals surface area contributed by atoms with Crippen molar-refractivity contribution >= 4 is 8.60 Å². The molecule has 206 valence electrons. The average Bonchev–Trinajstić information content (AvgIpc) is 2.75. The molecule has 0 saturated carbocycles. The van der Waals surface area contributed by atoms with Crippen molar-refractivity contribution in [3.05, 3.63) is 61.2 Å². The quantitative estimate of drug-likeness (QED) is 0.358. The Labute approximate surface area is 216 Å². The predicted molar refractivity (Wildman–Crippen MR) is 136 cm³/mol. The van der Waals surface area contributed by atoms with Crippen LogP contribution < -0.4 is 15.8 Å². The van der Waals surface area contributed by atoms with Crippen molar-refractivity contribution in [1.82, 2.24) is 9.55 Å². The van der Waals surface area contributed by atoms with Crippen molar-refractivity contribution in [3.63, 3.8) is 0 Å². The van der Waals surface area contributed by atoms with Gasteiger partial charge in [-0.1, -0.05) is 41.5 Å². The summed E-state index contributed by atoms with van der Waals surface area (Å²) in [7, 11) is -1.09. The van der Waals surface area contributed by atoms with Gasteiger partial charge < -0.3 is 24.0 Å². The second-order valence-corrected chi connectivity index (χ2v) is 12.3. The highest BCUT2D eigenvalue weighted by Gasteiger charge is 2.44. The van der Waals surface area contributed by atoms with Gasteiger partial charge in [0.15, 0.2) is 0 Å². The van der Waals surface area contributed by atoms with E-state index in [1.165, 1.54) is 17.9 Å². The van der Waals surface area contributed by atoms with E-state index in [0.29, 0.717) is 11.1 Å². The number of nitrogens with zero attached hydrogens (tertiary/aromatic N) is 1. The maximum atomic E-state index is 15.5. The molecule has 2 heterocycles. The minimum Gasteiger partial charge on any atom is -0.426 e. The first-order valence-corrected chi connectivity index (χ1v) is 13.0. The first kappa shape index (κ1) is 29.4. The van der Waals surface area contributed by atoms with Crippen molar-refractivity contribution in [3.8, 4) is 5.75 Å². The van der Waals surface area contributed by atoms with Crippen molar-refractivity contribution in [1.29, 1.82) is 0 Å². The van der Waals surface area contributed by atoms with Gasteiger partial charge in [-0.05, 0) is 35.8 Å². The minimum atomic E-state index is -2.86. The second-order valence-electron chi connectivity index (χ2n) is 11.2. The Hall–Kier alpha value is -2.14. The molecule has 0 saturated heterocycles. The van der Waals surface area contributed by atoms with Crippen LogP contribution in [0, 0.1) is 12.7 Å². The second kappa shape index (κ2) is 10.6. The topological polar surface area (TPSA) is 132 Å². The molecule has 0 fully saturated rings. The van der Waals surface area contributed by atoms with Gasteiger partial charge in [0.1, 0.15) is 17.7 Å². The summed E-state index contributed by atoms with van der Waals surface area (Å²) >= 11 is 0. The summed E-state index contributed by atoms with van der Waals surface area (Å²) in [5.74, 6) is -3.03. The highest BCUT2D eigenvalue weighted by Crippen LogP contribution is 2.54. The lowest BCUT2D eigenvalue weighted by molar-refractivity contribution is -0.345. The van der Waals surface area contributed by atoms with Gasteiger partial charge in [0.25, 0.3) is 5.56 Å².